The minimum Gasteiger partial charge on any atom is -0.307 e. The van der Waals surface area contributed by atoms with Crippen molar-refractivity contribution in [3.63, 3.8) is 0 Å². The summed E-state index contributed by atoms with van der Waals surface area (Å²) in [5, 5.41) is 11.0. The summed E-state index contributed by atoms with van der Waals surface area (Å²) in [6, 6.07) is 14.8. The first-order valence-corrected chi connectivity index (χ1v) is 21.4. The second-order valence-electron chi connectivity index (χ2n) is 11.3. The predicted molar refractivity (Wildman–Crippen MR) is 186 cm³/mol. The minimum absolute atomic E-state index is 0.0741. The molecule has 0 atom stereocenters. The van der Waals surface area contributed by atoms with E-state index in [4.69, 9.17) is 9.11 Å². The molecule has 20 heteroatoms. The molecule has 2 aromatic heterocycles. The van der Waals surface area contributed by atoms with Crippen LogP contribution in [0.15, 0.2) is 82.8 Å². The zero-order valence-electron chi connectivity index (χ0n) is 28.0. The van der Waals surface area contributed by atoms with Crippen LogP contribution in [0.5, 0.6) is 0 Å². The fourth-order valence-electron chi connectivity index (χ4n) is 3.84. The smallest absolute Gasteiger partial charge is 0.294 e. The SMILES string of the molecule is CC(=O)C(C)C.CS(=O)(=O)n1cc2c(n1)CCC2.CS(=O)(=O)n1cc2c(n1)CNC2.O=S(=O)(O)c1ccccc1.O=S(=O)(O)c1ccccc1. The summed E-state index contributed by atoms with van der Waals surface area (Å²) >= 11 is 0. The number of nitrogens with one attached hydrogen (secondary N) is 1. The van der Waals surface area contributed by atoms with Gasteiger partial charge in [0.1, 0.15) is 5.78 Å². The topological polar surface area (TPSA) is 242 Å². The molecule has 1 aliphatic carbocycles. The summed E-state index contributed by atoms with van der Waals surface area (Å²) < 4.78 is 105. The summed E-state index contributed by atoms with van der Waals surface area (Å²) in [6.07, 6.45) is 8.46. The van der Waals surface area contributed by atoms with Crippen LogP contribution in [0.3, 0.4) is 0 Å². The van der Waals surface area contributed by atoms with E-state index >= 15 is 0 Å². The third-order valence-electron chi connectivity index (χ3n) is 6.75. The van der Waals surface area contributed by atoms with Crippen molar-refractivity contribution in [3.8, 4) is 0 Å². The zero-order chi connectivity index (χ0) is 37.9. The van der Waals surface area contributed by atoms with Gasteiger partial charge in [-0.3, -0.25) is 13.9 Å². The van der Waals surface area contributed by atoms with Crippen LogP contribution in [0, 0.1) is 5.92 Å². The minimum atomic E-state index is -4.00. The highest BCUT2D eigenvalue weighted by molar-refractivity contribution is 7.89. The van der Waals surface area contributed by atoms with E-state index in [2.05, 4.69) is 15.5 Å². The van der Waals surface area contributed by atoms with E-state index in [1.807, 2.05) is 13.8 Å². The van der Waals surface area contributed by atoms with Crippen molar-refractivity contribution in [1.82, 2.24) is 23.7 Å². The third-order valence-corrected chi connectivity index (χ3v) is 10.2. The number of rotatable bonds is 5. The number of carbonyl (C=O) groups is 1. The van der Waals surface area contributed by atoms with Crippen LogP contribution in [0.4, 0.5) is 0 Å². The van der Waals surface area contributed by atoms with Gasteiger partial charge in [0.15, 0.2) is 0 Å². The molecule has 0 unspecified atom stereocenters. The molecule has 0 saturated carbocycles. The second kappa shape index (κ2) is 17.9. The number of hydrogen-bond acceptors (Lipinski definition) is 12. The fourth-order valence-corrected chi connectivity index (χ4v) is 5.98. The van der Waals surface area contributed by atoms with Gasteiger partial charge in [0, 0.05) is 37.0 Å². The van der Waals surface area contributed by atoms with Gasteiger partial charge in [-0.2, -0.15) is 35.2 Å². The Morgan fingerprint density at radius 2 is 1.08 bits per heavy atom. The van der Waals surface area contributed by atoms with Gasteiger partial charge >= 0.3 is 0 Å². The van der Waals surface area contributed by atoms with E-state index < -0.39 is 40.3 Å². The van der Waals surface area contributed by atoms with Gasteiger partial charge in [-0.05, 0) is 56.0 Å². The maximum atomic E-state index is 11.0. The van der Waals surface area contributed by atoms with E-state index in [9.17, 15) is 38.5 Å². The van der Waals surface area contributed by atoms with Crippen LogP contribution < -0.4 is 5.32 Å². The van der Waals surface area contributed by atoms with Crippen molar-refractivity contribution in [2.75, 3.05) is 12.5 Å². The monoisotopic (exact) mass is 775 g/mol. The summed E-state index contributed by atoms with van der Waals surface area (Å²) in [6.45, 7) is 6.76. The van der Waals surface area contributed by atoms with E-state index in [1.54, 1.807) is 55.7 Å². The van der Waals surface area contributed by atoms with Crippen molar-refractivity contribution in [2.24, 2.45) is 5.92 Å². The molecule has 2 aromatic carbocycles. The summed E-state index contributed by atoms with van der Waals surface area (Å²) in [5.41, 5.74) is 3.83. The van der Waals surface area contributed by atoms with Crippen molar-refractivity contribution >= 4 is 46.1 Å². The van der Waals surface area contributed by atoms with E-state index in [1.165, 1.54) is 24.3 Å². The van der Waals surface area contributed by atoms with Crippen LogP contribution >= 0.6 is 0 Å². The Bertz CT molecular complexity index is 1970. The van der Waals surface area contributed by atoms with Crippen LogP contribution in [0.1, 0.15) is 49.7 Å². The Labute approximate surface area is 293 Å². The largest absolute Gasteiger partial charge is 0.307 e. The number of Topliss-reactive ketones (excluding diaryl/α,β-unsaturated/α-hetero) is 1. The van der Waals surface area contributed by atoms with Gasteiger partial charge in [-0.25, -0.2) is 16.8 Å². The molecule has 6 rings (SSSR count). The molecule has 0 spiro atoms. The Kier molecular flexibility index (Phi) is 15.2. The number of hydrogen-bond donors (Lipinski definition) is 3. The number of aryl methyl sites for hydroxylation is 2. The molecule has 0 bridgehead atoms. The molecular formula is C30H41N5O11S4. The molecule has 1 aliphatic heterocycles. The van der Waals surface area contributed by atoms with Crippen LogP contribution in [0.2, 0.25) is 0 Å². The van der Waals surface area contributed by atoms with Gasteiger partial charge in [-0.15, -0.1) is 0 Å². The summed E-state index contributed by atoms with van der Waals surface area (Å²) in [5.74, 6) is 0.472. The molecule has 2 aliphatic rings. The first kappa shape index (κ1) is 42.4. The van der Waals surface area contributed by atoms with E-state index in [0.29, 0.717) is 13.1 Å². The molecular weight excluding hydrogens is 735 g/mol. The second-order valence-corrected chi connectivity index (χ2v) is 17.8. The molecule has 3 heterocycles. The maximum Gasteiger partial charge on any atom is 0.294 e. The van der Waals surface area contributed by atoms with Crippen molar-refractivity contribution in [3.05, 3.63) is 95.6 Å². The van der Waals surface area contributed by atoms with Gasteiger partial charge in [0.2, 0.25) is 0 Å². The van der Waals surface area contributed by atoms with Gasteiger partial charge in [-0.1, -0.05) is 50.2 Å². The Hall–Kier alpha value is -3.79. The van der Waals surface area contributed by atoms with Crippen molar-refractivity contribution < 1.29 is 47.6 Å². The molecule has 276 valence electrons. The molecule has 0 saturated heterocycles. The molecule has 3 N–H and O–H groups in total. The number of nitrogens with zero attached hydrogens (tertiary/aromatic N) is 4. The maximum absolute atomic E-state index is 11.0. The molecule has 0 fully saturated rings. The van der Waals surface area contributed by atoms with Gasteiger partial charge in [0.05, 0.1) is 33.7 Å². The number of aromatic nitrogens is 4. The van der Waals surface area contributed by atoms with Crippen molar-refractivity contribution in [2.45, 2.75) is 62.9 Å². The lowest BCUT2D eigenvalue weighted by Crippen LogP contribution is -2.13. The number of carbonyl (C=O) groups excluding carboxylic acids is 1. The van der Waals surface area contributed by atoms with Crippen LogP contribution in [0.25, 0.3) is 0 Å². The number of ketones is 1. The summed E-state index contributed by atoms with van der Waals surface area (Å²) in [7, 11) is -14.4. The quantitative estimate of drug-likeness (QED) is 0.247. The molecule has 0 radical (unpaired) electrons. The standard InChI is InChI=1S/C7H10N2O2S.C6H9N3O2S.2C6H6O3S.C5H10O/c1-12(10,11)9-5-6-3-2-4-7(6)8-9;1-12(10,11)9-4-5-2-7-3-6(5)8-9;2*7-10(8,9)6-4-2-1-3-5-6;1-4(2)5(3)6/h5H,2-4H2,1H3;4,7H,2-3H2,1H3;2*1-5H,(H,7,8,9);4H,1-3H3. The van der Waals surface area contributed by atoms with Crippen molar-refractivity contribution in [1.29, 1.82) is 0 Å². The lowest BCUT2D eigenvalue weighted by atomic mass is 10.1. The number of fused-ring (bicyclic) bond motifs is 2. The van der Waals surface area contributed by atoms with Gasteiger partial charge in [0.25, 0.3) is 40.3 Å². The lowest BCUT2D eigenvalue weighted by molar-refractivity contribution is -0.119. The first-order valence-electron chi connectivity index (χ1n) is 14.8. The normalized spacial score (nSPS) is 13.5. The molecule has 50 heavy (non-hydrogen) atoms. The first-order chi connectivity index (χ1) is 23.0. The van der Waals surface area contributed by atoms with Crippen LogP contribution in [-0.2, 0) is 71.0 Å². The van der Waals surface area contributed by atoms with E-state index in [-0.39, 0.29) is 21.5 Å². The molecule has 0 amide bonds. The lowest BCUT2D eigenvalue weighted by Gasteiger charge is -1.96. The molecule has 4 aromatic rings. The third kappa shape index (κ3) is 14.2. The van der Waals surface area contributed by atoms with E-state index in [0.717, 1.165) is 62.5 Å². The highest BCUT2D eigenvalue weighted by Gasteiger charge is 2.19. The average Bonchev–Trinajstić information content (AvgIpc) is 3.80. The fraction of sp³-hybridized carbons (Fsp3) is 0.367. The molecule has 16 nitrogen and oxygen atoms in total. The Balaban J connectivity index is 0.000000221. The van der Waals surface area contributed by atoms with Crippen LogP contribution in [-0.4, -0.2) is 79.4 Å². The zero-order valence-corrected chi connectivity index (χ0v) is 31.3. The predicted octanol–water partition coefficient (Wildman–Crippen LogP) is 2.57. The Morgan fingerprint density at radius 3 is 1.40 bits per heavy atom. The van der Waals surface area contributed by atoms with Gasteiger partial charge < -0.3 is 5.32 Å². The highest BCUT2D eigenvalue weighted by Crippen LogP contribution is 2.20. The summed E-state index contributed by atoms with van der Waals surface area (Å²) in [4.78, 5) is 10.00. The highest BCUT2D eigenvalue weighted by atomic mass is 32.2. The average molecular weight is 776 g/mol. The Morgan fingerprint density at radius 1 is 0.680 bits per heavy atom. The number of benzene rings is 2.